The van der Waals surface area contributed by atoms with Crippen LogP contribution in [0, 0.1) is 5.92 Å². The molecule has 0 aliphatic carbocycles. The Morgan fingerprint density at radius 1 is 0.833 bits per heavy atom. The lowest BCUT2D eigenvalue weighted by Crippen LogP contribution is -2.55. The molecular formula is C13H22O5. The lowest BCUT2D eigenvalue weighted by atomic mass is 9.87. The Balaban J connectivity index is 1.75. The second-order valence-corrected chi connectivity index (χ2v) is 6.42. The van der Waals surface area contributed by atoms with Crippen LogP contribution in [0.2, 0.25) is 0 Å². The van der Waals surface area contributed by atoms with Gasteiger partial charge in [0.1, 0.15) is 11.7 Å². The zero-order chi connectivity index (χ0) is 13.2. The fraction of sp³-hybridized carbons (Fsp3) is 1.00. The van der Waals surface area contributed by atoms with E-state index in [9.17, 15) is 0 Å². The summed E-state index contributed by atoms with van der Waals surface area (Å²) >= 11 is 0. The van der Waals surface area contributed by atoms with E-state index < -0.39 is 17.2 Å². The summed E-state index contributed by atoms with van der Waals surface area (Å²) in [6.07, 6.45) is -0.364. The fourth-order valence-corrected chi connectivity index (χ4v) is 2.83. The normalized spacial score (nSPS) is 44.2. The first kappa shape index (κ1) is 12.8. The molecule has 0 aromatic rings. The largest absolute Gasteiger partial charge is 0.347 e. The standard InChI is InChI=1S/C13H22O5/c1-8-9-10(17-12(4,5)16-9)18-13(8)6-14-11(2,3)15-7-13/h8-10H,6-7H2,1-5H3. The van der Waals surface area contributed by atoms with Gasteiger partial charge >= 0.3 is 0 Å². The van der Waals surface area contributed by atoms with E-state index in [1.165, 1.54) is 0 Å². The Morgan fingerprint density at radius 3 is 2.00 bits per heavy atom. The van der Waals surface area contributed by atoms with Crippen LogP contribution in [0.1, 0.15) is 34.6 Å². The molecule has 5 heteroatoms. The van der Waals surface area contributed by atoms with Crippen LogP contribution in [0.3, 0.4) is 0 Å². The summed E-state index contributed by atoms with van der Waals surface area (Å²) in [7, 11) is 0. The van der Waals surface area contributed by atoms with Crippen LogP contribution < -0.4 is 0 Å². The molecule has 0 aromatic carbocycles. The fourth-order valence-electron chi connectivity index (χ4n) is 2.83. The second-order valence-electron chi connectivity index (χ2n) is 6.42. The third kappa shape index (κ3) is 1.89. The highest BCUT2D eigenvalue weighted by Crippen LogP contribution is 2.47. The summed E-state index contributed by atoms with van der Waals surface area (Å²) in [6.45, 7) is 10.8. The maximum Gasteiger partial charge on any atom is 0.188 e. The summed E-state index contributed by atoms with van der Waals surface area (Å²) in [5, 5.41) is 0. The summed E-state index contributed by atoms with van der Waals surface area (Å²) < 4.78 is 29.2. The van der Waals surface area contributed by atoms with Crippen molar-refractivity contribution < 1.29 is 23.7 Å². The third-order valence-corrected chi connectivity index (χ3v) is 4.09. The summed E-state index contributed by atoms with van der Waals surface area (Å²) in [4.78, 5) is 0. The zero-order valence-corrected chi connectivity index (χ0v) is 11.7. The van der Waals surface area contributed by atoms with Crippen molar-refractivity contribution in [3.8, 4) is 0 Å². The molecule has 0 amide bonds. The van der Waals surface area contributed by atoms with Crippen molar-refractivity contribution in [2.24, 2.45) is 5.92 Å². The summed E-state index contributed by atoms with van der Waals surface area (Å²) in [5.41, 5.74) is -0.443. The first-order valence-corrected chi connectivity index (χ1v) is 6.54. The van der Waals surface area contributed by atoms with E-state index in [-0.39, 0.29) is 18.3 Å². The van der Waals surface area contributed by atoms with Crippen LogP contribution >= 0.6 is 0 Å². The Bertz CT molecular complexity index is 341. The number of hydrogen-bond acceptors (Lipinski definition) is 5. The minimum atomic E-state index is -0.569. The molecule has 3 rings (SSSR count). The lowest BCUT2D eigenvalue weighted by Gasteiger charge is -2.43. The molecule has 0 aromatic heterocycles. The van der Waals surface area contributed by atoms with E-state index in [0.717, 1.165) is 0 Å². The molecule has 0 N–H and O–H groups in total. The summed E-state index contributed by atoms with van der Waals surface area (Å²) in [6, 6.07) is 0. The Labute approximate surface area is 108 Å². The molecule has 3 atom stereocenters. The van der Waals surface area contributed by atoms with Gasteiger partial charge in [0.05, 0.1) is 13.2 Å². The molecular weight excluding hydrogens is 236 g/mol. The quantitative estimate of drug-likeness (QED) is 0.661. The highest BCUT2D eigenvalue weighted by atomic mass is 16.8. The van der Waals surface area contributed by atoms with Gasteiger partial charge in [-0.3, -0.25) is 0 Å². The van der Waals surface area contributed by atoms with E-state index in [4.69, 9.17) is 23.7 Å². The van der Waals surface area contributed by atoms with Gasteiger partial charge in [-0.15, -0.1) is 0 Å². The van der Waals surface area contributed by atoms with Gasteiger partial charge in [0.2, 0.25) is 0 Å². The van der Waals surface area contributed by atoms with Crippen molar-refractivity contribution in [2.45, 2.75) is 64.2 Å². The highest BCUT2D eigenvalue weighted by molar-refractivity contribution is 5.02. The molecule has 3 unspecified atom stereocenters. The lowest BCUT2D eigenvalue weighted by molar-refractivity contribution is -0.333. The van der Waals surface area contributed by atoms with Crippen molar-refractivity contribution in [3.63, 3.8) is 0 Å². The average Bonchev–Trinajstić information content (AvgIpc) is 2.66. The smallest absolute Gasteiger partial charge is 0.188 e. The molecule has 3 aliphatic heterocycles. The van der Waals surface area contributed by atoms with Crippen molar-refractivity contribution in [3.05, 3.63) is 0 Å². The summed E-state index contributed by atoms with van der Waals surface area (Å²) in [5.74, 6) is -0.922. The van der Waals surface area contributed by atoms with Crippen molar-refractivity contribution in [1.82, 2.24) is 0 Å². The van der Waals surface area contributed by atoms with Crippen LogP contribution in [0.5, 0.6) is 0 Å². The molecule has 1 spiro atoms. The number of rotatable bonds is 0. The maximum atomic E-state index is 6.06. The molecule has 0 radical (unpaired) electrons. The number of ether oxygens (including phenoxy) is 5. The van der Waals surface area contributed by atoms with Crippen molar-refractivity contribution in [2.75, 3.05) is 13.2 Å². The average molecular weight is 258 g/mol. The Morgan fingerprint density at radius 2 is 1.44 bits per heavy atom. The van der Waals surface area contributed by atoms with Crippen molar-refractivity contribution in [1.29, 1.82) is 0 Å². The van der Waals surface area contributed by atoms with E-state index in [1.54, 1.807) is 0 Å². The third-order valence-electron chi connectivity index (χ3n) is 4.09. The van der Waals surface area contributed by atoms with Gasteiger partial charge in [-0.05, 0) is 27.7 Å². The predicted octanol–water partition coefficient (Wildman–Crippen LogP) is 1.65. The van der Waals surface area contributed by atoms with E-state index in [0.29, 0.717) is 13.2 Å². The monoisotopic (exact) mass is 258 g/mol. The van der Waals surface area contributed by atoms with Crippen LogP contribution in [-0.4, -0.2) is 42.8 Å². The number of hydrogen-bond donors (Lipinski definition) is 0. The molecule has 104 valence electrons. The first-order chi connectivity index (χ1) is 8.23. The van der Waals surface area contributed by atoms with E-state index in [1.807, 2.05) is 27.7 Å². The molecule has 3 fully saturated rings. The van der Waals surface area contributed by atoms with Crippen molar-refractivity contribution >= 4 is 0 Å². The van der Waals surface area contributed by atoms with Gasteiger partial charge in [-0.25, -0.2) is 0 Å². The van der Waals surface area contributed by atoms with Gasteiger partial charge in [0, 0.05) is 5.92 Å². The topological polar surface area (TPSA) is 46.2 Å². The molecule has 18 heavy (non-hydrogen) atoms. The molecule has 3 saturated heterocycles. The van der Waals surface area contributed by atoms with Crippen LogP contribution in [-0.2, 0) is 23.7 Å². The van der Waals surface area contributed by atoms with E-state index in [2.05, 4.69) is 6.92 Å². The van der Waals surface area contributed by atoms with Gasteiger partial charge < -0.3 is 23.7 Å². The highest BCUT2D eigenvalue weighted by Gasteiger charge is 2.61. The van der Waals surface area contributed by atoms with Gasteiger partial charge in [0.15, 0.2) is 17.9 Å². The molecule has 3 aliphatic rings. The number of fused-ring (bicyclic) bond motifs is 1. The van der Waals surface area contributed by atoms with Crippen LogP contribution in [0.4, 0.5) is 0 Å². The SMILES string of the molecule is CC1C2OC(C)(C)OC2OC12COC(C)(C)OC2. The van der Waals surface area contributed by atoms with E-state index >= 15 is 0 Å². The Kier molecular flexibility index (Phi) is 2.61. The van der Waals surface area contributed by atoms with Gasteiger partial charge in [-0.1, -0.05) is 6.92 Å². The second kappa shape index (κ2) is 3.67. The van der Waals surface area contributed by atoms with Crippen LogP contribution in [0.25, 0.3) is 0 Å². The van der Waals surface area contributed by atoms with Gasteiger partial charge in [0.25, 0.3) is 0 Å². The molecule has 0 bridgehead atoms. The minimum absolute atomic E-state index is 0.0478. The molecule has 0 saturated carbocycles. The minimum Gasteiger partial charge on any atom is -0.347 e. The maximum absolute atomic E-state index is 6.06. The Hall–Kier alpha value is -0.200. The van der Waals surface area contributed by atoms with Crippen LogP contribution in [0.15, 0.2) is 0 Å². The predicted molar refractivity (Wildman–Crippen MR) is 62.8 cm³/mol. The zero-order valence-electron chi connectivity index (χ0n) is 11.7. The first-order valence-electron chi connectivity index (χ1n) is 6.54. The molecule has 3 heterocycles. The van der Waals surface area contributed by atoms with Gasteiger partial charge in [-0.2, -0.15) is 0 Å². The molecule has 5 nitrogen and oxygen atoms in total.